The summed E-state index contributed by atoms with van der Waals surface area (Å²) in [6.07, 6.45) is 0. The van der Waals surface area contributed by atoms with Crippen LogP contribution in [0.2, 0.25) is 5.02 Å². The minimum Gasteiger partial charge on any atom is -0.497 e. The van der Waals surface area contributed by atoms with Crippen molar-refractivity contribution in [2.24, 2.45) is 0 Å². The van der Waals surface area contributed by atoms with Gasteiger partial charge in [0, 0.05) is 16.1 Å². The minimum atomic E-state index is -0.319. The second-order valence-corrected chi connectivity index (χ2v) is 8.26. The van der Waals surface area contributed by atoms with Gasteiger partial charge in [-0.2, -0.15) is 0 Å². The summed E-state index contributed by atoms with van der Waals surface area (Å²) in [4.78, 5) is 25.7. The lowest BCUT2D eigenvalue weighted by atomic mass is 10.2. The number of hydrogen-bond donors (Lipinski definition) is 2. The normalized spacial score (nSPS) is 11.4. The van der Waals surface area contributed by atoms with E-state index in [1.165, 1.54) is 11.8 Å². The summed E-state index contributed by atoms with van der Waals surface area (Å²) < 4.78 is 5.10. The van der Waals surface area contributed by atoms with Gasteiger partial charge >= 0.3 is 0 Å². The standard InChI is InChI=1S/C23H21ClN2O3S/c1-15(22(27)26-21-6-4-3-5-20(21)24)30-19-13-9-17(10-14-19)25-23(28)16-7-11-18(29-2)12-8-16/h3-15H,1-2H3,(H,25,28)(H,26,27). The molecule has 0 saturated carbocycles. The molecule has 3 aromatic rings. The van der Waals surface area contributed by atoms with Gasteiger partial charge in [-0.05, 0) is 67.6 Å². The number of hydrogen-bond acceptors (Lipinski definition) is 4. The Morgan fingerprint density at radius 2 is 1.60 bits per heavy atom. The van der Waals surface area contributed by atoms with Crippen molar-refractivity contribution in [2.45, 2.75) is 17.1 Å². The largest absolute Gasteiger partial charge is 0.497 e. The van der Waals surface area contributed by atoms with E-state index < -0.39 is 0 Å². The van der Waals surface area contributed by atoms with Crippen LogP contribution in [0.3, 0.4) is 0 Å². The molecule has 0 saturated heterocycles. The van der Waals surface area contributed by atoms with E-state index in [1.807, 2.05) is 43.3 Å². The molecular formula is C23H21ClN2O3S. The molecular weight excluding hydrogens is 420 g/mol. The Kier molecular flexibility index (Phi) is 7.38. The average molecular weight is 441 g/mol. The van der Waals surface area contributed by atoms with E-state index >= 15 is 0 Å². The van der Waals surface area contributed by atoms with Crippen molar-refractivity contribution in [3.05, 3.63) is 83.4 Å². The number of nitrogens with one attached hydrogen (secondary N) is 2. The highest BCUT2D eigenvalue weighted by molar-refractivity contribution is 8.00. The molecule has 1 atom stereocenters. The molecule has 2 N–H and O–H groups in total. The maximum absolute atomic E-state index is 12.4. The number of benzene rings is 3. The number of halogens is 1. The minimum absolute atomic E-state index is 0.134. The lowest BCUT2D eigenvalue weighted by Crippen LogP contribution is -2.22. The number of methoxy groups -OCH3 is 1. The highest BCUT2D eigenvalue weighted by Crippen LogP contribution is 2.27. The molecule has 0 radical (unpaired) electrons. The van der Waals surface area contributed by atoms with E-state index in [0.29, 0.717) is 27.7 Å². The Bertz CT molecular complexity index is 1020. The van der Waals surface area contributed by atoms with Gasteiger partial charge in [0.25, 0.3) is 5.91 Å². The van der Waals surface area contributed by atoms with E-state index in [9.17, 15) is 9.59 Å². The van der Waals surface area contributed by atoms with E-state index in [2.05, 4.69) is 10.6 Å². The Hall–Kier alpha value is -2.96. The summed E-state index contributed by atoms with van der Waals surface area (Å²) in [5.41, 5.74) is 1.81. The molecule has 0 spiro atoms. The van der Waals surface area contributed by atoms with Crippen LogP contribution in [0, 0.1) is 0 Å². The fraction of sp³-hybridized carbons (Fsp3) is 0.130. The van der Waals surface area contributed by atoms with Gasteiger partial charge in [-0.3, -0.25) is 9.59 Å². The van der Waals surface area contributed by atoms with Gasteiger partial charge < -0.3 is 15.4 Å². The number of ether oxygens (including phenoxy) is 1. The zero-order valence-electron chi connectivity index (χ0n) is 16.5. The number of thioether (sulfide) groups is 1. The molecule has 0 fully saturated rings. The maximum Gasteiger partial charge on any atom is 0.255 e. The Balaban J connectivity index is 1.56. The predicted molar refractivity (Wildman–Crippen MR) is 123 cm³/mol. The van der Waals surface area contributed by atoms with Gasteiger partial charge in [0.05, 0.1) is 23.1 Å². The fourth-order valence-electron chi connectivity index (χ4n) is 2.62. The maximum atomic E-state index is 12.4. The highest BCUT2D eigenvalue weighted by atomic mass is 35.5. The quantitative estimate of drug-likeness (QED) is 0.461. The van der Waals surface area contributed by atoms with Gasteiger partial charge in [-0.25, -0.2) is 0 Å². The van der Waals surface area contributed by atoms with Crippen LogP contribution in [0.15, 0.2) is 77.7 Å². The van der Waals surface area contributed by atoms with Crippen molar-refractivity contribution in [3.8, 4) is 5.75 Å². The number of amides is 2. The van der Waals surface area contributed by atoms with Crippen LogP contribution < -0.4 is 15.4 Å². The van der Waals surface area contributed by atoms with Crippen molar-refractivity contribution in [1.82, 2.24) is 0 Å². The monoisotopic (exact) mass is 440 g/mol. The smallest absolute Gasteiger partial charge is 0.255 e. The van der Waals surface area contributed by atoms with Gasteiger partial charge in [-0.1, -0.05) is 23.7 Å². The molecule has 0 aromatic heterocycles. The molecule has 7 heteroatoms. The van der Waals surface area contributed by atoms with Crippen LogP contribution in [0.5, 0.6) is 5.75 Å². The number of rotatable bonds is 7. The topological polar surface area (TPSA) is 67.4 Å². The van der Waals surface area contributed by atoms with Gasteiger partial charge in [0.15, 0.2) is 0 Å². The Morgan fingerprint density at radius 3 is 2.23 bits per heavy atom. The van der Waals surface area contributed by atoms with Crippen LogP contribution in [0.25, 0.3) is 0 Å². The summed E-state index contributed by atoms with van der Waals surface area (Å²) in [5, 5.41) is 5.87. The molecule has 0 aliphatic carbocycles. The van der Waals surface area contributed by atoms with E-state index in [0.717, 1.165) is 4.90 Å². The molecule has 5 nitrogen and oxygen atoms in total. The van der Waals surface area contributed by atoms with Crippen molar-refractivity contribution < 1.29 is 14.3 Å². The first-order chi connectivity index (χ1) is 14.5. The molecule has 1 unspecified atom stereocenters. The zero-order valence-corrected chi connectivity index (χ0v) is 18.1. The summed E-state index contributed by atoms with van der Waals surface area (Å²) in [6.45, 7) is 1.83. The molecule has 30 heavy (non-hydrogen) atoms. The van der Waals surface area contributed by atoms with Crippen LogP contribution in [0.1, 0.15) is 17.3 Å². The average Bonchev–Trinajstić information content (AvgIpc) is 2.76. The van der Waals surface area contributed by atoms with Crippen molar-refractivity contribution >= 4 is 46.6 Å². The lowest BCUT2D eigenvalue weighted by Gasteiger charge is -2.13. The SMILES string of the molecule is COc1ccc(C(=O)Nc2ccc(SC(C)C(=O)Nc3ccccc3Cl)cc2)cc1. The van der Waals surface area contributed by atoms with Gasteiger partial charge in [-0.15, -0.1) is 11.8 Å². The molecule has 3 rings (SSSR count). The Morgan fingerprint density at radius 1 is 0.933 bits per heavy atom. The van der Waals surface area contributed by atoms with Gasteiger partial charge in [0.1, 0.15) is 5.75 Å². The van der Waals surface area contributed by atoms with Crippen LogP contribution in [0.4, 0.5) is 11.4 Å². The van der Waals surface area contributed by atoms with Crippen molar-refractivity contribution in [3.63, 3.8) is 0 Å². The summed E-state index contributed by atoms with van der Waals surface area (Å²) >= 11 is 7.51. The number of carbonyl (C=O) groups is 2. The summed E-state index contributed by atoms with van der Waals surface area (Å²) in [5.74, 6) is 0.358. The first-order valence-electron chi connectivity index (χ1n) is 9.24. The molecule has 0 heterocycles. The first kappa shape index (κ1) is 21.7. The fourth-order valence-corrected chi connectivity index (χ4v) is 3.67. The molecule has 3 aromatic carbocycles. The molecule has 154 valence electrons. The number of carbonyl (C=O) groups excluding carboxylic acids is 2. The third kappa shape index (κ3) is 5.78. The second kappa shape index (κ2) is 10.2. The highest BCUT2D eigenvalue weighted by Gasteiger charge is 2.16. The summed E-state index contributed by atoms with van der Waals surface area (Å²) in [7, 11) is 1.58. The second-order valence-electron chi connectivity index (χ2n) is 6.44. The third-order valence-corrected chi connectivity index (χ3v) is 5.72. The van der Waals surface area contributed by atoms with Crippen molar-refractivity contribution in [1.29, 1.82) is 0 Å². The predicted octanol–water partition coefficient (Wildman–Crippen LogP) is 5.72. The molecule has 0 bridgehead atoms. The Labute approximate surface area is 184 Å². The molecule has 0 aliphatic heterocycles. The molecule has 0 aliphatic rings. The van der Waals surface area contributed by atoms with E-state index in [1.54, 1.807) is 43.5 Å². The van der Waals surface area contributed by atoms with E-state index in [4.69, 9.17) is 16.3 Å². The van der Waals surface area contributed by atoms with Crippen LogP contribution in [-0.4, -0.2) is 24.2 Å². The van der Waals surface area contributed by atoms with Crippen LogP contribution in [-0.2, 0) is 4.79 Å². The van der Waals surface area contributed by atoms with Crippen LogP contribution >= 0.6 is 23.4 Å². The number of para-hydroxylation sites is 1. The summed E-state index contributed by atoms with van der Waals surface area (Å²) in [6, 6.07) is 21.4. The molecule has 2 amide bonds. The van der Waals surface area contributed by atoms with Gasteiger partial charge in [0.2, 0.25) is 5.91 Å². The zero-order chi connectivity index (χ0) is 21.5. The third-order valence-electron chi connectivity index (χ3n) is 4.28. The van der Waals surface area contributed by atoms with Crippen molar-refractivity contribution in [2.75, 3.05) is 17.7 Å². The first-order valence-corrected chi connectivity index (χ1v) is 10.5. The van der Waals surface area contributed by atoms with E-state index in [-0.39, 0.29) is 17.1 Å². The lowest BCUT2D eigenvalue weighted by molar-refractivity contribution is -0.115. The number of anilines is 2.